The fourth-order valence-electron chi connectivity index (χ4n) is 4.07. The number of anilines is 4. The quantitative estimate of drug-likeness (QED) is 0.700. The van der Waals surface area contributed by atoms with Crippen molar-refractivity contribution in [2.75, 3.05) is 53.7 Å². The van der Waals surface area contributed by atoms with Gasteiger partial charge in [0.1, 0.15) is 11.6 Å². The molecular formula is C24H36N6O2. The van der Waals surface area contributed by atoms with Crippen LogP contribution >= 0.6 is 0 Å². The number of pyridine rings is 2. The first-order chi connectivity index (χ1) is 15.6. The number of carbonyl (C=O) groups excluding carboxylic acids is 1. The van der Waals surface area contributed by atoms with E-state index >= 15 is 0 Å². The van der Waals surface area contributed by atoms with Crippen LogP contribution in [0.25, 0.3) is 0 Å². The number of aromatic nitrogens is 2. The van der Waals surface area contributed by atoms with E-state index < -0.39 is 0 Å². The minimum Gasteiger partial charge on any atom is -0.495 e. The number of nitrogens with zero attached hydrogens (tertiary/aromatic N) is 4. The van der Waals surface area contributed by atoms with Gasteiger partial charge in [0.15, 0.2) is 5.82 Å². The number of rotatable bonds is 3. The summed E-state index contributed by atoms with van der Waals surface area (Å²) in [6.07, 6.45) is 7.55. The summed E-state index contributed by atoms with van der Waals surface area (Å²) >= 11 is 0. The van der Waals surface area contributed by atoms with Crippen molar-refractivity contribution in [2.45, 2.75) is 46.5 Å². The van der Waals surface area contributed by atoms with E-state index in [1.807, 2.05) is 13.8 Å². The Balaban J connectivity index is 0.00000141. The molecule has 1 unspecified atom stereocenters. The van der Waals surface area contributed by atoms with Gasteiger partial charge in [-0.15, -0.1) is 0 Å². The highest BCUT2D eigenvalue weighted by Crippen LogP contribution is 2.31. The van der Waals surface area contributed by atoms with Crippen LogP contribution < -0.4 is 25.2 Å². The summed E-state index contributed by atoms with van der Waals surface area (Å²) in [6, 6.07) is 5.66. The summed E-state index contributed by atoms with van der Waals surface area (Å²) in [4.78, 5) is 26.3. The van der Waals surface area contributed by atoms with E-state index in [1.165, 1.54) is 12.8 Å². The van der Waals surface area contributed by atoms with Crippen LogP contribution in [0.4, 0.5) is 27.8 Å². The third kappa shape index (κ3) is 5.81. The molecule has 2 aromatic heterocycles. The molecule has 8 nitrogen and oxygen atoms in total. The Morgan fingerprint density at radius 2 is 2.03 bits per heavy atom. The zero-order chi connectivity index (χ0) is 22.9. The molecule has 32 heavy (non-hydrogen) atoms. The topological polar surface area (TPSA) is 82.6 Å². The summed E-state index contributed by atoms with van der Waals surface area (Å²) < 4.78 is 5.21. The molecule has 2 N–H and O–H groups in total. The maximum absolute atomic E-state index is 13.2. The van der Waals surface area contributed by atoms with E-state index in [9.17, 15) is 4.79 Å². The molecule has 0 radical (unpaired) electrons. The van der Waals surface area contributed by atoms with Gasteiger partial charge in [-0.3, -0.25) is 9.88 Å². The smallest absolute Gasteiger partial charge is 0.327 e. The lowest BCUT2D eigenvalue weighted by molar-refractivity contribution is 0.256. The highest BCUT2D eigenvalue weighted by Gasteiger charge is 2.25. The molecule has 2 aromatic rings. The van der Waals surface area contributed by atoms with Gasteiger partial charge < -0.3 is 20.3 Å². The van der Waals surface area contributed by atoms with Crippen LogP contribution in [0.1, 0.15) is 46.5 Å². The molecule has 4 rings (SSSR count). The molecule has 0 spiro atoms. The van der Waals surface area contributed by atoms with Gasteiger partial charge in [-0.25, -0.2) is 9.78 Å². The van der Waals surface area contributed by atoms with Gasteiger partial charge in [0.25, 0.3) is 0 Å². The predicted octanol–water partition coefficient (Wildman–Crippen LogP) is 4.99. The second kappa shape index (κ2) is 11.5. The van der Waals surface area contributed by atoms with Crippen molar-refractivity contribution in [3.63, 3.8) is 0 Å². The number of hydrogen-bond donors (Lipinski definition) is 2. The van der Waals surface area contributed by atoms with E-state index in [0.717, 1.165) is 44.0 Å². The maximum atomic E-state index is 13.2. The average Bonchev–Trinajstić information content (AvgIpc) is 2.81. The van der Waals surface area contributed by atoms with E-state index in [2.05, 4.69) is 39.6 Å². The minimum absolute atomic E-state index is 0.216. The molecule has 2 amide bonds. The number of hydrogen-bond acceptors (Lipinski definition) is 6. The zero-order valence-electron chi connectivity index (χ0n) is 19.7. The van der Waals surface area contributed by atoms with Gasteiger partial charge in [-0.2, -0.15) is 0 Å². The first kappa shape index (κ1) is 23.6. The van der Waals surface area contributed by atoms with E-state index in [-0.39, 0.29) is 6.03 Å². The van der Waals surface area contributed by atoms with Gasteiger partial charge >= 0.3 is 6.03 Å². The van der Waals surface area contributed by atoms with Crippen molar-refractivity contribution in [1.82, 2.24) is 9.97 Å². The number of ether oxygens (including phenoxy) is 1. The van der Waals surface area contributed by atoms with E-state index in [4.69, 9.17) is 9.72 Å². The lowest BCUT2D eigenvalue weighted by Crippen LogP contribution is -2.39. The molecule has 1 saturated heterocycles. The molecule has 0 aliphatic carbocycles. The number of nitrogens with one attached hydrogen (secondary N) is 2. The van der Waals surface area contributed by atoms with Gasteiger partial charge in [0, 0.05) is 32.2 Å². The SMILES string of the molecule is CC.COc1cncc(NC(=O)N2CCCCNc3ccc(N4CCCC(C)C4)nc32)c1. The molecular weight excluding hydrogens is 404 g/mol. The Hall–Kier alpha value is -3.03. The molecule has 174 valence electrons. The summed E-state index contributed by atoms with van der Waals surface area (Å²) in [7, 11) is 1.58. The van der Waals surface area contributed by atoms with E-state index in [0.29, 0.717) is 29.7 Å². The normalized spacial score (nSPS) is 18.2. The lowest BCUT2D eigenvalue weighted by atomic mass is 10.0. The largest absolute Gasteiger partial charge is 0.495 e. The molecule has 8 heteroatoms. The van der Waals surface area contributed by atoms with Crippen LogP contribution in [-0.2, 0) is 0 Å². The first-order valence-corrected chi connectivity index (χ1v) is 11.7. The van der Waals surface area contributed by atoms with Crippen LogP contribution in [0, 0.1) is 5.92 Å². The Labute approximate surface area is 191 Å². The molecule has 1 atom stereocenters. The van der Waals surface area contributed by atoms with Gasteiger partial charge in [-0.05, 0) is 43.7 Å². The van der Waals surface area contributed by atoms with Crippen LogP contribution in [-0.4, -0.2) is 49.3 Å². The monoisotopic (exact) mass is 440 g/mol. The molecule has 0 saturated carbocycles. The molecule has 0 bridgehead atoms. The number of carbonyl (C=O) groups is 1. The second-order valence-corrected chi connectivity index (χ2v) is 8.06. The number of amides is 2. The Bertz CT molecular complexity index is 891. The number of fused-ring (bicyclic) bond motifs is 1. The Kier molecular flexibility index (Phi) is 8.53. The summed E-state index contributed by atoms with van der Waals surface area (Å²) in [5.74, 6) is 2.87. The van der Waals surface area contributed by atoms with Gasteiger partial charge in [0.05, 0.1) is 30.9 Å². The lowest BCUT2D eigenvalue weighted by Gasteiger charge is -2.33. The number of piperidine rings is 1. The zero-order valence-corrected chi connectivity index (χ0v) is 19.7. The number of methoxy groups -OCH3 is 1. The summed E-state index contributed by atoms with van der Waals surface area (Å²) in [5.41, 5.74) is 1.49. The van der Waals surface area contributed by atoms with Crippen LogP contribution in [0.3, 0.4) is 0 Å². The maximum Gasteiger partial charge on any atom is 0.327 e. The van der Waals surface area contributed by atoms with Crippen molar-refractivity contribution < 1.29 is 9.53 Å². The number of urea groups is 1. The van der Waals surface area contributed by atoms with Gasteiger partial charge in [-0.1, -0.05) is 20.8 Å². The Morgan fingerprint density at radius 1 is 1.19 bits per heavy atom. The first-order valence-electron chi connectivity index (χ1n) is 11.7. The van der Waals surface area contributed by atoms with Gasteiger partial charge in [0.2, 0.25) is 0 Å². The Morgan fingerprint density at radius 3 is 2.81 bits per heavy atom. The summed E-state index contributed by atoms with van der Waals surface area (Å²) in [5, 5.41) is 6.38. The molecule has 2 aliphatic heterocycles. The fraction of sp³-hybridized carbons (Fsp3) is 0.542. The molecule has 0 aromatic carbocycles. The summed E-state index contributed by atoms with van der Waals surface area (Å²) in [6.45, 7) is 9.78. The van der Waals surface area contributed by atoms with Crippen molar-refractivity contribution >= 4 is 29.0 Å². The second-order valence-electron chi connectivity index (χ2n) is 8.06. The van der Waals surface area contributed by atoms with Crippen LogP contribution in [0.15, 0.2) is 30.6 Å². The fourth-order valence-corrected chi connectivity index (χ4v) is 4.07. The predicted molar refractivity (Wildman–Crippen MR) is 131 cm³/mol. The van der Waals surface area contributed by atoms with E-state index in [1.54, 1.807) is 30.5 Å². The molecule has 4 heterocycles. The molecule has 2 aliphatic rings. The minimum atomic E-state index is -0.216. The molecule has 1 fully saturated rings. The van der Waals surface area contributed by atoms with Crippen molar-refractivity contribution in [1.29, 1.82) is 0 Å². The average molecular weight is 441 g/mol. The highest BCUT2D eigenvalue weighted by atomic mass is 16.5. The van der Waals surface area contributed by atoms with Crippen molar-refractivity contribution in [2.24, 2.45) is 5.92 Å². The van der Waals surface area contributed by atoms with Crippen LogP contribution in [0.2, 0.25) is 0 Å². The van der Waals surface area contributed by atoms with Crippen molar-refractivity contribution in [3.8, 4) is 5.75 Å². The highest BCUT2D eigenvalue weighted by molar-refractivity contribution is 6.03. The third-order valence-electron chi connectivity index (χ3n) is 5.67. The van der Waals surface area contributed by atoms with Crippen LogP contribution in [0.5, 0.6) is 5.75 Å². The standard InChI is InChI=1S/C22H30N6O2.C2H6/c1-16-6-5-10-27(15-16)20-8-7-19-21(26-20)28(11-4-3-9-24-19)22(29)25-17-12-18(30-2)14-23-13-17;1-2/h7-8,12-14,16,24H,3-6,9-11,15H2,1-2H3,(H,25,29);1-2H3. The third-order valence-corrected chi connectivity index (χ3v) is 5.67. The van der Waals surface area contributed by atoms with Crippen molar-refractivity contribution in [3.05, 3.63) is 30.6 Å².